The molecule has 2 aliphatic rings. The van der Waals surface area contributed by atoms with E-state index in [0.717, 1.165) is 50.2 Å². The number of anilines is 1. The van der Waals surface area contributed by atoms with Crippen molar-refractivity contribution in [2.24, 2.45) is 0 Å². The maximum absolute atomic E-state index is 14.1. The molecule has 32 heavy (non-hydrogen) atoms. The van der Waals surface area contributed by atoms with Crippen LogP contribution in [-0.2, 0) is 17.9 Å². The molecule has 0 spiro atoms. The van der Waals surface area contributed by atoms with Crippen molar-refractivity contribution >= 4 is 69.5 Å². The number of fused-ring (bicyclic) bond motifs is 2. The number of thiophene rings is 1. The van der Waals surface area contributed by atoms with Gasteiger partial charge in [-0.25, -0.2) is 0 Å². The van der Waals surface area contributed by atoms with Crippen LogP contribution >= 0.6 is 22.9 Å². The van der Waals surface area contributed by atoms with E-state index in [1.807, 2.05) is 6.07 Å². The molecule has 0 radical (unpaired) electrons. The van der Waals surface area contributed by atoms with Gasteiger partial charge in [-0.2, -0.15) is 0 Å². The van der Waals surface area contributed by atoms with Crippen molar-refractivity contribution in [3.8, 4) is 0 Å². The zero-order valence-electron chi connectivity index (χ0n) is 18.3. The Hall–Kier alpha value is -1.30. The van der Waals surface area contributed by atoms with Crippen molar-refractivity contribution in [2.45, 2.75) is 53.3 Å². The van der Waals surface area contributed by atoms with Crippen LogP contribution in [0.25, 0.3) is 5.76 Å². The summed E-state index contributed by atoms with van der Waals surface area (Å²) in [5.41, 5.74) is 0.0435. The summed E-state index contributed by atoms with van der Waals surface area (Å²) in [5, 5.41) is 0. The monoisotopic (exact) mass is 603 g/mol. The second kappa shape index (κ2) is 9.15. The van der Waals surface area contributed by atoms with Gasteiger partial charge in [0.1, 0.15) is 0 Å². The fourth-order valence-corrected chi connectivity index (χ4v) is 20.0. The molecule has 0 bridgehead atoms. The quantitative estimate of drug-likeness (QED) is 0.407. The number of pyridine rings is 1. The Balaban J connectivity index is 1.97. The molecule has 4 rings (SSSR count). The van der Waals surface area contributed by atoms with Crippen LogP contribution < -0.4 is 3.12 Å². The zero-order chi connectivity index (χ0) is 23.1. The van der Waals surface area contributed by atoms with E-state index in [1.165, 1.54) is 13.1 Å². The Kier molecular flexibility index (Phi) is 6.82. The first kappa shape index (κ1) is 23.8. The molecule has 172 valence electrons. The van der Waals surface area contributed by atoms with Crippen LogP contribution in [0.4, 0.5) is 5.82 Å². The number of halogens is 1. The van der Waals surface area contributed by atoms with E-state index < -0.39 is 29.1 Å². The van der Waals surface area contributed by atoms with Gasteiger partial charge in [-0.15, -0.1) is 0 Å². The summed E-state index contributed by atoms with van der Waals surface area (Å²) < 4.78 is 38.1. The van der Waals surface area contributed by atoms with Crippen LogP contribution in [0.3, 0.4) is 0 Å². The third-order valence-corrected chi connectivity index (χ3v) is 20.7. The molecule has 2 aromatic rings. The summed E-state index contributed by atoms with van der Waals surface area (Å²) in [4.78, 5) is 19.1. The number of sulfonamides is 1. The van der Waals surface area contributed by atoms with Crippen molar-refractivity contribution in [1.29, 1.82) is 0 Å². The first-order valence-corrected chi connectivity index (χ1v) is 19.9. The Morgan fingerprint density at radius 2 is 1.88 bits per heavy atom. The van der Waals surface area contributed by atoms with Crippen molar-refractivity contribution in [1.82, 2.24) is 9.29 Å². The van der Waals surface area contributed by atoms with Gasteiger partial charge in [0.15, 0.2) is 0 Å². The Labute approximate surface area is 202 Å². The topological polar surface area (TPSA) is 79.8 Å². The van der Waals surface area contributed by atoms with Gasteiger partial charge in [-0.3, -0.25) is 0 Å². The van der Waals surface area contributed by atoms with Crippen LogP contribution in [0.15, 0.2) is 41.1 Å². The van der Waals surface area contributed by atoms with Crippen LogP contribution in [0.2, 0.25) is 13.2 Å². The number of hydrogen-bond donors (Lipinski definition) is 0. The Bertz CT molecular complexity index is 1160. The van der Waals surface area contributed by atoms with E-state index in [4.69, 9.17) is 14.7 Å². The molecule has 0 aliphatic carbocycles. The van der Waals surface area contributed by atoms with Crippen molar-refractivity contribution in [3.05, 3.63) is 45.4 Å². The molecule has 1 amide bonds. The minimum absolute atomic E-state index is 0.0435. The number of carbonyl (C=O) groups excluding carboxylic acids is 1. The molecule has 0 saturated heterocycles. The summed E-state index contributed by atoms with van der Waals surface area (Å²) in [7, 11) is -2.50. The summed E-state index contributed by atoms with van der Waals surface area (Å²) in [6.07, 6.45) is 5.49. The molecular formula is C21H26ClN3O4S2Sn. The molecule has 11 heteroatoms. The number of hydrogen-bond acceptors (Lipinski definition) is 6. The van der Waals surface area contributed by atoms with Gasteiger partial charge in [-0.1, -0.05) is 0 Å². The van der Waals surface area contributed by atoms with E-state index in [2.05, 4.69) is 18.8 Å². The predicted molar refractivity (Wildman–Crippen MR) is 129 cm³/mol. The molecule has 0 atom stereocenters. The molecule has 0 fully saturated rings. The third kappa shape index (κ3) is 3.84. The second-order valence-electron chi connectivity index (χ2n) is 7.98. The summed E-state index contributed by atoms with van der Waals surface area (Å²) in [6, 6.07) is 6.90. The maximum atomic E-state index is 14.1. The minimum atomic E-state index is -3.90. The van der Waals surface area contributed by atoms with Gasteiger partial charge in [0.2, 0.25) is 0 Å². The van der Waals surface area contributed by atoms with Gasteiger partial charge in [0, 0.05) is 0 Å². The van der Waals surface area contributed by atoms with E-state index in [1.54, 1.807) is 21.5 Å². The van der Waals surface area contributed by atoms with Crippen LogP contribution in [0.5, 0.6) is 0 Å². The van der Waals surface area contributed by atoms with Crippen molar-refractivity contribution in [3.63, 3.8) is 0 Å². The standard InChI is InChI=1S/C13H10ClN3O4S2.2C4H9.Sn/c1-17-10(13(19)16-9-4-2-3-5-15-9)11(18)12-7(23(17,20)21)6-8(14)22-12;2*1-3-4-2;/h2-6H,1H3,(H2,15,16,18,19);2*1,3-4H2,2H3;/q;;;+2/p-2. The first-order valence-electron chi connectivity index (χ1n) is 10.7. The summed E-state index contributed by atoms with van der Waals surface area (Å²) in [5.74, 6) is 0.580. The molecule has 4 heterocycles. The first-order chi connectivity index (χ1) is 15.3. The predicted octanol–water partition coefficient (Wildman–Crippen LogP) is 5.21. The molecule has 0 aromatic carbocycles. The van der Waals surface area contributed by atoms with E-state index in [0.29, 0.717) is 20.8 Å². The Morgan fingerprint density at radius 3 is 2.47 bits per heavy atom. The zero-order valence-corrected chi connectivity index (χ0v) is 23.5. The normalized spacial score (nSPS) is 18.9. The number of unbranched alkanes of at least 4 members (excludes halogenated alkanes) is 2. The summed E-state index contributed by atoms with van der Waals surface area (Å²) in [6.45, 7) is 4.25. The average Bonchev–Trinajstić information content (AvgIpc) is 3.18. The van der Waals surface area contributed by atoms with Crippen molar-refractivity contribution < 1.29 is 16.3 Å². The Morgan fingerprint density at radius 1 is 1.19 bits per heavy atom. The van der Waals surface area contributed by atoms with Crippen LogP contribution in [0.1, 0.15) is 44.4 Å². The summed E-state index contributed by atoms with van der Waals surface area (Å²) >= 11 is 3.49. The van der Waals surface area contributed by atoms with Crippen LogP contribution in [-0.4, -0.2) is 49.7 Å². The fraction of sp³-hybridized carbons (Fsp3) is 0.429. The van der Waals surface area contributed by atoms with Crippen LogP contribution in [0, 0.1) is 0 Å². The van der Waals surface area contributed by atoms with Crippen molar-refractivity contribution in [2.75, 3.05) is 10.2 Å². The number of amides is 1. The number of likely N-dealkylation sites (N-methyl/N-ethyl adjacent to an activating group) is 1. The van der Waals surface area contributed by atoms with Gasteiger partial charge < -0.3 is 0 Å². The molecule has 2 aromatic heterocycles. The van der Waals surface area contributed by atoms with E-state index in [-0.39, 0.29) is 16.5 Å². The molecule has 0 saturated carbocycles. The van der Waals surface area contributed by atoms with Gasteiger partial charge in [0.25, 0.3) is 0 Å². The van der Waals surface area contributed by atoms with E-state index >= 15 is 0 Å². The average molecular weight is 603 g/mol. The fourth-order valence-electron chi connectivity index (χ4n) is 4.22. The van der Waals surface area contributed by atoms with Gasteiger partial charge in [0.05, 0.1) is 0 Å². The molecular weight excluding hydrogens is 577 g/mol. The second-order valence-corrected chi connectivity index (χ2v) is 21.7. The van der Waals surface area contributed by atoms with Gasteiger partial charge in [-0.05, 0) is 0 Å². The third-order valence-electron chi connectivity index (χ3n) is 5.87. The van der Waals surface area contributed by atoms with E-state index in [9.17, 15) is 13.2 Å². The SMILES string of the molecule is CCC[CH2][Sn]1([CH2]CCC)[O]C2=C(C(=O)[N]1c1ccccn1)N(C)S(=O)(=O)c1cc(Cl)sc12. The molecule has 0 unspecified atom stereocenters. The molecule has 7 nitrogen and oxygen atoms in total. The van der Waals surface area contributed by atoms with Gasteiger partial charge >= 0.3 is 204 Å². The molecule has 2 aliphatic heterocycles. The number of carbonyl (C=O) groups is 1. The number of aromatic nitrogens is 1. The number of nitrogens with zero attached hydrogens (tertiary/aromatic N) is 3. The number of rotatable bonds is 7. The molecule has 0 N–H and O–H groups in total.